The quantitative estimate of drug-likeness (QED) is 0.0408. The summed E-state index contributed by atoms with van der Waals surface area (Å²) >= 11 is 0. The number of piperazine rings is 1. The van der Waals surface area contributed by atoms with E-state index in [1.165, 1.54) is 0 Å². The predicted molar refractivity (Wildman–Crippen MR) is 269 cm³/mol. The molecule has 0 saturated carbocycles. The summed E-state index contributed by atoms with van der Waals surface area (Å²) < 4.78 is 17.7. The first kappa shape index (κ1) is 52.3. The molecule has 4 amide bonds. The third-order valence-electron chi connectivity index (χ3n) is 12.3. The van der Waals surface area contributed by atoms with Crippen molar-refractivity contribution in [2.45, 2.75) is 90.6 Å². The average molecular weight is 953 g/mol. The molecule has 14 heteroatoms. The van der Waals surface area contributed by atoms with Crippen molar-refractivity contribution in [1.82, 2.24) is 31.1 Å². The predicted octanol–water partition coefficient (Wildman–Crippen LogP) is 7.32. The van der Waals surface area contributed by atoms with E-state index in [1.807, 2.05) is 167 Å². The van der Waals surface area contributed by atoms with Gasteiger partial charge in [-0.3, -0.25) is 14.5 Å². The molecule has 0 bridgehead atoms. The molecule has 1 heterocycles. The minimum atomic E-state index is -1.22. The zero-order valence-electron chi connectivity index (χ0n) is 40.9. The third kappa shape index (κ3) is 16.6. The lowest BCUT2D eigenvalue weighted by atomic mass is 9.90. The Morgan fingerprint density at radius 1 is 0.500 bits per heavy atom. The zero-order valence-corrected chi connectivity index (χ0v) is 40.9. The fourth-order valence-corrected chi connectivity index (χ4v) is 8.33. The second-order valence-electron chi connectivity index (χ2n) is 18.6. The Labute approximate surface area is 412 Å². The summed E-state index contributed by atoms with van der Waals surface area (Å²) in [6, 6.07) is 40.6. The second-order valence-corrected chi connectivity index (χ2v) is 18.6. The number of likely N-dealkylation sites (N-methyl/N-ethyl adjacent to an activating group) is 1. The third-order valence-corrected chi connectivity index (χ3v) is 12.3. The van der Waals surface area contributed by atoms with Gasteiger partial charge in [0.25, 0.3) is 0 Å². The summed E-state index contributed by atoms with van der Waals surface area (Å²) in [5, 5.41) is 11.9. The van der Waals surface area contributed by atoms with Gasteiger partial charge in [-0.05, 0) is 71.7 Å². The van der Waals surface area contributed by atoms with Gasteiger partial charge in [-0.2, -0.15) is 0 Å². The summed E-state index contributed by atoms with van der Waals surface area (Å²) in [6.07, 6.45) is -2.45. The van der Waals surface area contributed by atoms with E-state index in [0.717, 1.165) is 54.0 Å². The summed E-state index contributed by atoms with van der Waals surface area (Å²) in [5.74, 6) is -2.54. The minimum Gasteiger partial charge on any atom is -0.454 e. The maximum Gasteiger partial charge on any atom is 0.408 e. The average Bonchev–Trinajstić information content (AvgIpc) is 3.36. The van der Waals surface area contributed by atoms with Crippen LogP contribution in [0.1, 0.15) is 65.9 Å². The van der Waals surface area contributed by atoms with E-state index < -0.39 is 72.1 Å². The molecule has 4 atom stereocenters. The van der Waals surface area contributed by atoms with E-state index >= 15 is 0 Å². The van der Waals surface area contributed by atoms with Crippen LogP contribution in [0.25, 0.3) is 0 Å². The molecule has 1 saturated heterocycles. The van der Waals surface area contributed by atoms with Gasteiger partial charge < -0.3 is 40.4 Å². The number of carbonyl (C=O) groups is 5. The molecule has 2 unspecified atom stereocenters. The Kier molecular flexibility index (Phi) is 19.9. The van der Waals surface area contributed by atoms with Gasteiger partial charge >= 0.3 is 18.2 Å². The van der Waals surface area contributed by atoms with Crippen molar-refractivity contribution in [3.63, 3.8) is 0 Å². The Bertz CT molecular complexity index is 2290. The Morgan fingerprint density at radius 3 is 1.31 bits per heavy atom. The van der Waals surface area contributed by atoms with Crippen molar-refractivity contribution in [2.24, 2.45) is 11.8 Å². The molecule has 4 N–H and O–H groups in total. The molecule has 5 aromatic rings. The number of ether oxygens (including phenoxy) is 3. The minimum absolute atomic E-state index is 0.00216. The number of alkyl carbamates (subject to hydrolysis) is 2. The van der Waals surface area contributed by atoms with E-state index in [9.17, 15) is 24.0 Å². The van der Waals surface area contributed by atoms with E-state index in [4.69, 9.17) is 14.2 Å². The highest BCUT2D eigenvalue weighted by Crippen LogP contribution is 2.21. The Hall–Kier alpha value is -7.03. The molecular weight excluding hydrogens is 885 g/mol. The molecule has 1 fully saturated rings. The molecule has 14 nitrogen and oxygen atoms in total. The highest BCUT2D eigenvalue weighted by atomic mass is 16.6. The van der Waals surface area contributed by atoms with Crippen LogP contribution in [0.5, 0.6) is 0 Å². The summed E-state index contributed by atoms with van der Waals surface area (Å²) in [7, 11) is 2.10. The van der Waals surface area contributed by atoms with Crippen molar-refractivity contribution in [1.29, 1.82) is 0 Å². The van der Waals surface area contributed by atoms with Crippen molar-refractivity contribution in [2.75, 3.05) is 33.2 Å². The van der Waals surface area contributed by atoms with Crippen LogP contribution in [0, 0.1) is 11.8 Å². The van der Waals surface area contributed by atoms with Crippen LogP contribution >= 0.6 is 0 Å². The highest BCUT2D eigenvalue weighted by Gasteiger charge is 2.39. The molecule has 5 aromatic carbocycles. The van der Waals surface area contributed by atoms with Crippen LogP contribution in [-0.4, -0.2) is 103 Å². The van der Waals surface area contributed by atoms with E-state index in [1.54, 1.807) is 6.07 Å². The molecule has 1 aliphatic rings. The first-order valence-corrected chi connectivity index (χ1v) is 24.1. The lowest BCUT2D eigenvalue weighted by Gasteiger charge is -2.36. The van der Waals surface area contributed by atoms with Crippen LogP contribution in [0.3, 0.4) is 0 Å². The lowest BCUT2D eigenvalue weighted by molar-refractivity contribution is -0.127. The van der Waals surface area contributed by atoms with Gasteiger partial charge in [0.05, 0.1) is 17.6 Å². The molecule has 370 valence electrons. The number of nitrogens with one attached hydrogen (secondary N) is 4. The number of amides is 4. The van der Waals surface area contributed by atoms with Gasteiger partial charge in [-0.15, -0.1) is 0 Å². The number of nitrogens with zero attached hydrogens (tertiary/aromatic N) is 2. The number of hydrogen-bond acceptors (Lipinski definition) is 10. The fraction of sp³-hybridized carbons (Fsp3) is 0.375. The number of rotatable bonds is 22. The summed E-state index contributed by atoms with van der Waals surface area (Å²) in [6.45, 7) is 11.5. The first-order chi connectivity index (χ1) is 33.8. The monoisotopic (exact) mass is 953 g/mol. The number of esters is 1. The summed E-state index contributed by atoms with van der Waals surface area (Å²) in [4.78, 5) is 75.4. The molecule has 0 spiro atoms. The van der Waals surface area contributed by atoms with Crippen LogP contribution in [-0.2, 0) is 56.4 Å². The molecule has 0 radical (unpaired) electrons. The van der Waals surface area contributed by atoms with Crippen LogP contribution in [0.4, 0.5) is 9.59 Å². The van der Waals surface area contributed by atoms with Crippen molar-refractivity contribution in [3.05, 3.63) is 179 Å². The maximum absolute atomic E-state index is 14.8. The number of hydrogen-bond donors (Lipinski definition) is 4. The van der Waals surface area contributed by atoms with E-state index in [0.29, 0.717) is 12.1 Å². The molecule has 0 aliphatic carbocycles. The van der Waals surface area contributed by atoms with Crippen molar-refractivity contribution in [3.8, 4) is 0 Å². The SMILES string of the molecule is CC(C)[C@H](NC(=O)OCc1ccccc1)C(=O)NC(Cc1ccccc1)C(OC(=O)c1cccc(CN2CCN(C)CC2)c1)C(Cc1ccccc1)NC(=O)[C@@H](NC(=O)OCc1ccccc1)C(C)C. The van der Waals surface area contributed by atoms with Gasteiger partial charge in [0.2, 0.25) is 11.8 Å². The fourth-order valence-electron chi connectivity index (χ4n) is 8.33. The molecule has 70 heavy (non-hydrogen) atoms. The van der Waals surface area contributed by atoms with Crippen molar-refractivity contribution >= 4 is 30.0 Å². The van der Waals surface area contributed by atoms with Crippen LogP contribution in [0.2, 0.25) is 0 Å². The number of benzene rings is 5. The smallest absolute Gasteiger partial charge is 0.408 e. The highest BCUT2D eigenvalue weighted by molar-refractivity contribution is 5.90. The molecule has 0 aromatic heterocycles. The molecule has 1 aliphatic heterocycles. The standard InChI is InChI=1S/C56H68N6O8/c1-39(2)49(59-55(66)68-37-43-23-14-8-15-24-43)52(63)57-47(34-41-19-10-6-11-20-41)51(70-54(65)46-28-18-27-45(33-46)36-62-31-29-61(5)30-32-62)48(35-42-21-12-7-13-22-42)58-53(64)50(40(3)4)60-56(67)69-38-44-25-16-9-17-26-44/h6-28,33,39-40,47-51H,29-32,34-38H2,1-5H3,(H,57,63)(H,58,64)(H,59,66)(H,60,67)/t47?,48?,49-,50-,51?/m0/s1. The largest absolute Gasteiger partial charge is 0.454 e. The van der Waals surface area contributed by atoms with Gasteiger partial charge in [-0.1, -0.05) is 161 Å². The Morgan fingerprint density at radius 2 is 0.900 bits per heavy atom. The number of carbonyl (C=O) groups excluding carboxylic acids is 5. The normalized spacial score (nSPS) is 15.1. The van der Waals surface area contributed by atoms with Crippen LogP contribution in [0.15, 0.2) is 146 Å². The zero-order chi connectivity index (χ0) is 49.8. The van der Waals surface area contributed by atoms with E-state index in [2.05, 4.69) is 38.1 Å². The van der Waals surface area contributed by atoms with E-state index in [-0.39, 0.29) is 26.1 Å². The molecular formula is C56H68N6O8. The second kappa shape index (κ2) is 26.7. The van der Waals surface area contributed by atoms with Gasteiger partial charge in [0, 0.05) is 32.7 Å². The topological polar surface area (TPSA) is 168 Å². The first-order valence-electron chi connectivity index (χ1n) is 24.1. The van der Waals surface area contributed by atoms with Crippen LogP contribution < -0.4 is 21.3 Å². The van der Waals surface area contributed by atoms with Gasteiger partial charge in [0.15, 0.2) is 0 Å². The van der Waals surface area contributed by atoms with Gasteiger partial charge in [-0.25, -0.2) is 14.4 Å². The Balaban J connectivity index is 1.35. The maximum atomic E-state index is 14.8. The van der Waals surface area contributed by atoms with Gasteiger partial charge in [0.1, 0.15) is 31.4 Å². The van der Waals surface area contributed by atoms with Crippen molar-refractivity contribution < 1.29 is 38.2 Å². The molecule has 6 rings (SSSR count). The summed E-state index contributed by atoms with van der Waals surface area (Å²) in [5.41, 5.74) is 4.43. The lowest BCUT2D eigenvalue weighted by Crippen LogP contribution is -2.62.